The van der Waals surface area contributed by atoms with Crippen LogP contribution in [0, 0.1) is 11.3 Å². The van der Waals surface area contributed by atoms with Crippen LogP contribution in [0.3, 0.4) is 0 Å². The summed E-state index contributed by atoms with van der Waals surface area (Å²) in [5, 5.41) is 0. The third-order valence-electron chi connectivity index (χ3n) is 2.92. The van der Waals surface area contributed by atoms with E-state index in [-0.39, 0.29) is 5.41 Å². The Labute approximate surface area is 95.6 Å². The van der Waals surface area contributed by atoms with E-state index in [2.05, 4.69) is 13.8 Å². The molecule has 0 radical (unpaired) electrons. The molecule has 0 fully saturated rings. The molecule has 15 heavy (non-hydrogen) atoms. The van der Waals surface area contributed by atoms with Crippen LogP contribution < -0.4 is 0 Å². The summed E-state index contributed by atoms with van der Waals surface area (Å²) in [6, 6.07) is 0. The number of rotatable bonds is 7. The van der Waals surface area contributed by atoms with Crippen LogP contribution in [-0.4, -0.2) is 5.78 Å². The quantitative estimate of drug-likeness (QED) is 0.603. The van der Waals surface area contributed by atoms with Crippen molar-refractivity contribution < 1.29 is 4.79 Å². The molecule has 0 aliphatic heterocycles. The van der Waals surface area contributed by atoms with Gasteiger partial charge in [-0.1, -0.05) is 60.3 Å². The Kier molecular flexibility index (Phi) is 6.87. The normalized spacial score (nSPS) is 12.1. The van der Waals surface area contributed by atoms with Crippen LogP contribution in [0.5, 0.6) is 0 Å². The van der Waals surface area contributed by atoms with Crippen molar-refractivity contribution in [3.05, 3.63) is 0 Å². The van der Waals surface area contributed by atoms with Crippen LogP contribution in [0.1, 0.15) is 73.1 Å². The first-order valence-electron chi connectivity index (χ1n) is 6.47. The number of ketones is 1. The van der Waals surface area contributed by atoms with Crippen molar-refractivity contribution in [2.24, 2.45) is 11.3 Å². The first-order chi connectivity index (χ1) is 6.93. The van der Waals surface area contributed by atoms with Crippen molar-refractivity contribution in [2.75, 3.05) is 0 Å². The molecule has 1 heteroatoms. The Bertz CT molecular complexity index is 168. The molecule has 0 bridgehead atoms. The zero-order chi connectivity index (χ0) is 11.9. The minimum Gasteiger partial charge on any atom is -0.299 e. The molecule has 90 valence electrons. The maximum absolute atomic E-state index is 12.2. The average molecular weight is 212 g/mol. The minimum absolute atomic E-state index is 0.161. The summed E-state index contributed by atoms with van der Waals surface area (Å²) in [4.78, 5) is 12.2. The van der Waals surface area contributed by atoms with Crippen LogP contribution >= 0.6 is 0 Å². The van der Waals surface area contributed by atoms with E-state index in [1.165, 1.54) is 25.7 Å². The number of carbonyl (C=O) groups excluding carboxylic acids is 1. The summed E-state index contributed by atoms with van der Waals surface area (Å²) < 4.78 is 0. The van der Waals surface area contributed by atoms with Crippen LogP contribution in [0.25, 0.3) is 0 Å². The van der Waals surface area contributed by atoms with Gasteiger partial charge in [-0.25, -0.2) is 0 Å². The Balaban J connectivity index is 4.27. The Morgan fingerprint density at radius 3 is 1.67 bits per heavy atom. The molecule has 0 atom stereocenters. The SMILES string of the molecule is CCCCC(CCCC)C(=O)C(C)(C)C. The lowest BCUT2D eigenvalue weighted by Crippen LogP contribution is -2.28. The molecule has 0 aromatic carbocycles. The minimum atomic E-state index is -0.161. The van der Waals surface area contributed by atoms with Gasteiger partial charge in [-0.05, 0) is 12.8 Å². The fourth-order valence-corrected chi connectivity index (χ4v) is 1.92. The molecule has 0 amide bonds. The van der Waals surface area contributed by atoms with Crippen LogP contribution in [0.2, 0.25) is 0 Å². The number of hydrogen-bond acceptors (Lipinski definition) is 1. The predicted molar refractivity (Wildman–Crippen MR) is 67.0 cm³/mol. The molecular weight excluding hydrogens is 184 g/mol. The molecule has 0 saturated heterocycles. The van der Waals surface area contributed by atoms with E-state index >= 15 is 0 Å². The van der Waals surface area contributed by atoms with Crippen LogP contribution in [0.15, 0.2) is 0 Å². The second kappa shape index (κ2) is 7.03. The van der Waals surface area contributed by atoms with Gasteiger partial charge < -0.3 is 0 Å². The lowest BCUT2D eigenvalue weighted by atomic mass is 9.79. The number of Topliss-reactive ketones (excluding diaryl/α,β-unsaturated/α-hetero) is 1. The van der Waals surface area contributed by atoms with E-state index < -0.39 is 0 Å². The highest BCUT2D eigenvalue weighted by Gasteiger charge is 2.28. The van der Waals surface area contributed by atoms with Crippen LogP contribution in [0.4, 0.5) is 0 Å². The highest BCUT2D eigenvalue weighted by Crippen LogP contribution is 2.27. The maximum Gasteiger partial charge on any atom is 0.141 e. The first-order valence-corrected chi connectivity index (χ1v) is 6.47. The smallest absolute Gasteiger partial charge is 0.141 e. The number of unbranched alkanes of at least 4 members (excludes halogenated alkanes) is 2. The molecule has 1 nitrogen and oxygen atoms in total. The largest absolute Gasteiger partial charge is 0.299 e. The van der Waals surface area contributed by atoms with Gasteiger partial charge in [0.1, 0.15) is 5.78 Å². The highest BCUT2D eigenvalue weighted by molar-refractivity contribution is 5.85. The first kappa shape index (κ1) is 14.7. The molecular formula is C14H28O. The number of hydrogen-bond donors (Lipinski definition) is 0. The van der Waals surface area contributed by atoms with E-state index in [1.807, 2.05) is 20.8 Å². The standard InChI is InChI=1S/C14H28O/c1-6-8-10-12(11-9-7-2)13(15)14(3,4)5/h12H,6-11H2,1-5H3. The monoisotopic (exact) mass is 212 g/mol. The fourth-order valence-electron chi connectivity index (χ4n) is 1.92. The van der Waals surface area contributed by atoms with E-state index in [0.717, 1.165) is 12.8 Å². The number of carbonyl (C=O) groups is 1. The van der Waals surface area contributed by atoms with Crippen LogP contribution in [-0.2, 0) is 4.79 Å². The summed E-state index contributed by atoms with van der Waals surface area (Å²) in [7, 11) is 0. The van der Waals surface area contributed by atoms with Gasteiger partial charge in [0, 0.05) is 11.3 Å². The second-order valence-corrected chi connectivity index (χ2v) is 5.60. The Morgan fingerprint density at radius 2 is 1.40 bits per heavy atom. The van der Waals surface area contributed by atoms with E-state index in [1.54, 1.807) is 0 Å². The molecule has 0 aromatic heterocycles. The molecule has 0 aliphatic carbocycles. The summed E-state index contributed by atoms with van der Waals surface area (Å²) in [5.74, 6) is 0.773. The van der Waals surface area contributed by atoms with Gasteiger partial charge in [0.2, 0.25) is 0 Å². The van der Waals surface area contributed by atoms with E-state index in [9.17, 15) is 4.79 Å². The van der Waals surface area contributed by atoms with E-state index in [4.69, 9.17) is 0 Å². The Morgan fingerprint density at radius 1 is 1.00 bits per heavy atom. The van der Waals surface area contributed by atoms with E-state index in [0.29, 0.717) is 11.7 Å². The van der Waals surface area contributed by atoms with Gasteiger partial charge in [-0.2, -0.15) is 0 Å². The molecule has 0 aromatic rings. The molecule has 0 spiro atoms. The maximum atomic E-state index is 12.2. The average Bonchev–Trinajstić information content (AvgIpc) is 2.16. The summed E-state index contributed by atoms with van der Waals surface area (Å²) in [6.45, 7) is 10.5. The predicted octanol–water partition coefficient (Wildman–Crippen LogP) is 4.60. The summed E-state index contributed by atoms with van der Waals surface area (Å²) in [6.07, 6.45) is 6.95. The van der Waals surface area contributed by atoms with Crippen molar-refractivity contribution in [3.8, 4) is 0 Å². The molecule has 0 aliphatic rings. The van der Waals surface area contributed by atoms with Gasteiger partial charge in [0.05, 0.1) is 0 Å². The van der Waals surface area contributed by atoms with Gasteiger partial charge in [-0.3, -0.25) is 4.79 Å². The molecule has 0 rings (SSSR count). The topological polar surface area (TPSA) is 17.1 Å². The lowest BCUT2D eigenvalue weighted by Gasteiger charge is -2.24. The van der Waals surface area contributed by atoms with Crippen molar-refractivity contribution in [2.45, 2.75) is 73.1 Å². The van der Waals surface area contributed by atoms with Gasteiger partial charge in [-0.15, -0.1) is 0 Å². The second-order valence-electron chi connectivity index (χ2n) is 5.60. The molecule has 0 unspecified atom stereocenters. The summed E-state index contributed by atoms with van der Waals surface area (Å²) >= 11 is 0. The van der Waals surface area contributed by atoms with Crippen molar-refractivity contribution in [1.82, 2.24) is 0 Å². The third-order valence-corrected chi connectivity index (χ3v) is 2.92. The fraction of sp³-hybridized carbons (Fsp3) is 0.929. The molecule has 0 saturated carbocycles. The lowest BCUT2D eigenvalue weighted by molar-refractivity contribution is -0.130. The zero-order valence-electron chi connectivity index (χ0n) is 11.2. The van der Waals surface area contributed by atoms with Crippen molar-refractivity contribution in [1.29, 1.82) is 0 Å². The van der Waals surface area contributed by atoms with Crippen molar-refractivity contribution >= 4 is 5.78 Å². The van der Waals surface area contributed by atoms with Gasteiger partial charge >= 0.3 is 0 Å². The molecule has 0 heterocycles. The van der Waals surface area contributed by atoms with Gasteiger partial charge in [0.15, 0.2) is 0 Å². The van der Waals surface area contributed by atoms with Crippen molar-refractivity contribution in [3.63, 3.8) is 0 Å². The summed E-state index contributed by atoms with van der Waals surface area (Å²) in [5.41, 5.74) is -0.161. The molecule has 0 N–H and O–H groups in total. The zero-order valence-corrected chi connectivity index (χ0v) is 11.2. The third kappa shape index (κ3) is 5.96. The highest BCUT2D eigenvalue weighted by atomic mass is 16.1. The Hall–Kier alpha value is -0.330. The van der Waals surface area contributed by atoms with Gasteiger partial charge in [0.25, 0.3) is 0 Å².